The molecular formula is C26H33N2O7+. The molecule has 2 heterocycles. The minimum Gasteiger partial charge on any atom is -0.481 e. The zero-order chi connectivity index (χ0) is 24.8. The number of anilines is 1. The smallest absolute Gasteiger partial charge is 0.326 e. The predicted octanol–water partition coefficient (Wildman–Crippen LogP) is 1.69. The van der Waals surface area contributed by atoms with Crippen molar-refractivity contribution < 1.29 is 38.9 Å². The van der Waals surface area contributed by atoms with Gasteiger partial charge in [0, 0.05) is 37.2 Å². The Morgan fingerprint density at radius 3 is 2.71 bits per heavy atom. The van der Waals surface area contributed by atoms with Gasteiger partial charge in [-0.25, -0.2) is 4.79 Å². The summed E-state index contributed by atoms with van der Waals surface area (Å²) in [5.74, 6) is -1.06. The molecule has 1 aromatic carbocycles. The minimum absolute atomic E-state index is 0.0117. The van der Waals surface area contributed by atoms with Crippen molar-refractivity contribution in [2.45, 2.75) is 80.6 Å². The topological polar surface area (TPSA) is 133 Å². The number of carboxylic acids is 2. The van der Waals surface area contributed by atoms with E-state index in [2.05, 4.69) is 12.4 Å². The van der Waals surface area contributed by atoms with Gasteiger partial charge in [-0.3, -0.25) is 9.59 Å². The van der Waals surface area contributed by atoms with Crippen molar-refractivity contribution in [2.75, 3.05) is 25.5 Å². The summed E-state index contributed by atoms with van der Waals surface area (Å²) in [5, 5.41) is 34.1. The van der Waals surface area contributed by atoms with Crippen molar-refractivity contribution in [1.29, 1.82) is 0 Å². The summed E-state index contributed by atoms with van der Waals surface area (Å²) in [6, 6.07) is 2.63. The number of aliphatic carboxylic acids is 2. The lowest BCUT2D eigenvalue weighted by atomic mass is 9.48. The Labute approximate surface area is 203 Å². The van der Waals surface area contributed by atoms with Gasteiger partial charge in [0.25, 0.3) is 0 Å². The molecule has 0 aromatic heterocycles. The summed E-state index contributed by atoms with van der Waals surface area (Å²) < 4.78 is 7.18. The highest BCUT2D eigenvalue weighted by molar-refractivity contribution is 5.91. The molecule has 6 rings (SSSR count). The monoisotopic (exact) mass is 485 g/mol. The van der Waals surface area contributed by atoms with E-state index in [1.165, 1.54) is 12.8 Å². The van der Waals surface area contributed by atoms with Gasteiger partial charge in [-0.1, -0.05) is 6.07 Å². The van der Waals surface area contributed by atoms with Gasteiger partial charge in [0.1, 0.15) is 23.4 Å². The quantitative estimate of drug-likeness (QED) is 0.409. The molecule has 0 unspecified atom stereocenters. The zero-order valence-corrected chi connectivity index (χ0v) is 20.0. The fourth-order valence-electron chi connectivity index (χ4n) is 7.78. The lowest BCUT2D eigenvalue weighted by Gasteiger charge is -2.64. The molecule has 35 heavy (non-hydrogen) atoms. The molecule has 2 saturated carbocycles. The van der Waals surface area contributed by atoms with Crippen LogP contribution < -0.4 is 10.1 Å². The number of carboxylic acid groups (broad SMARTS) is 2. The fraction of sp³-hybridized carbons (Fsp3) is 0.654. The Morgan fingerprint density at radius 1 is 1.26 bits per heavy atom. The van der Waals surface area contributed by atoms with E-state index in [1.807, 2.05) is 6.07 Å². The molecule has 0 amide bonds. The number of nitrogens with one attached hydrogen (secondary N) is 1. The number of hydrogen-bond donors (Lipinski definition) is 4. The Balaban J connectivity index is 1.44. The third-order valence-electron chi connectivity index (χ3n) is 9.57. The molecule has 5 aliphatic rings. The molecule has 2 bridgehead atoms. The van der Waals surface area contributed by atoms with Crippen LogP contribution >= 0.6 is 0 Å². The van der Waals surface area contributed by atoms with Gasteiger partial charge in [0.2, 0.25) is 0 Å². The first-order chi connectivity index (χ1) is 16.6. The third-order valence-corrected chi connectivity index (χ3v) is 9.57. The maximum atomic E-state index is 13.2. The van der Waals surface area contributed by atoms with Crippen molar-refractivity contribution in [2.24, 2.45) is 5.92 Å². The third kappa shape index (κ3) is 3.10. The molecule has 3 aliphatic carbocycles. The van der Waals surface area contributed by atoms with Crippen LogP contribution in [0.15, 0.2) is 12.1 Å². The average Bonchev–Trinajstić information content (AvgIpc) is 3.52. The van der Waals surface area contributed by atoms with E-state index in [0.29, 0.717) is 36.6 Å². The van der Waals surface area contributed by atoms with Gasteiger partial charge in [-0.15, -0.1) is 0 Å². The predicted molar refractivity (Wildman–Crippen MR) is 124 cm³/mol. The van der Waals surface area contributed by atoms with Crippen LogP contribution in [-0.4, -0.2) is 81.5 Å². The Bertz CT molecular complexity index is 1130. The minimum atomic E-state index is -1.15. The van der Waals surface area contributed by atoms with E-state index in [0.717, 1.165) is 28.7 Å². The Morgan fingerprint density at radius 2 is 2.03 bits per heavy atom. The summed E-state index contributed by atoms with van der Waals surface area (Å²) in [6.07, 6.45) is 3.37. The van der Waals surface area contributed by atoms with Crippen LogP contribution in [-0.2, 0) is 26.2 Å². The second-order valence-corrected chi connectivity index (χ2v) is 11.6. The maximum absolute atomic E-state index is 13.2. The first-order valence-electron chi connectivity index (χ1n) is 12.7. The second-order valence-electron chi connectivity index (χ2n) is 11.6. The summed E-state index contributed by atoms with van der Waals surface area (Å²) >= 11 is 0. The molecule has 1 saturated heterocycles. The number of likely N-dealkylation sites (tertiary alicyclic amines) is 1. The van der Waals surface area contributed by atoms with Gasteiger partial charge in [-0.05, 0) is 37.3 Å². The van der Waals surface area contributed by atoms with Crippen LogP contribution in [0.4, 0.5) is 5.69 Å². The van der Waals surface area contributed by atoms with Crippen LogP contribution in [0.1, 0.15) is 56.1 Å². The normalized spacial score (nSPS) is 37.3. The molecule has 2 aliphatic heterocycles. The Kier molecular flexibility index (Phi) is 4.84. The number of piperidine rings is 1. The molecule has 4 N–H and O–H groups in total. The lowest BCUT2D eigenvalue weighted by molar-refractivity contribution is -0.950. The van der Waals surface area contributed by atoms with E-state index in [9.17, 15) is 24.6 Å². The van der Waals surface area contributed by atoms with Gasteiger partial charge in [0.15, 0.2) is 11.9 Å². The highest BCUT2D eigenvalue weighted by atomic mass is 16.5. The average molecular weight is 486 g/mol. The van der Waals surface area contributed by atoms with E-state index in [-0.39, 0.29) is 31.1 Å². The highest BCUT2D eigenvalue weighted by Gasteiger charge is 2.76. The van der Waals surface area contributed by atoms with E-state index >= 15 is 0 Å². The van der Waals surface area contributed by atoms with Crippen LogP contribution in [0, 0.1) is 5.92 Å². The number of likely N-dealkylation sites (N-methyl/N-ethyl adjacent to an activating group) is 1. The number of hydrogen-bond acceptors (Lipinski definition) is 6. The SMILES string of the molecule is C[N@+]1(CC2CC2)CC[C@]23c4c5ccc(N[C@@H](CCC(=O)O)C(=O)O)c4O[C@H]2C(=O)CC[C@@]3(O)[C@H]1C5. The summed E-state index contributed by atoms with van der Waals surface area (Å²) in [4.78, 5) is 36.1. The summed E-state index contributed by atoms with van der Waals surface area (Å²) in [5.41, 5.74) is 0.475. The number of ketones is 1. The molecule has 1 aromatic rings. The molecule has 9 heteroatoms. The second kappa shape index (κ2) is 7.43. The molecule has 3 fully saturated rings. The van der Waals surface area contributed by atoms with Crippen molar-refractivity contribution in [1.82, 2.24) is 0 Å². The van der Waals surface area contributed by atoms with Crippen molar-refractivity contribution in [3.8, 4) is 5.75 Å². The van der Waals surface area contributed by atoms with Crippen LogP contribution in [0.5, 0.6) is 5.75 Å². The molecule has 1 spiro atoms. The fourth-order valence-corrected chi connectivity index (χ4v) is 7.78. The lowest BCUT2D eigenvalue weighted by Crippen LogP contribution is -2.80. The van der Waals surface area contributed by atoms with E-state index in [1.54, 1.807) is 6.07 Å². The van der Waals surface area contributed by atoms with Crippen molar-refractivity contribution in [3.05, 3.63) is 23.3 Å². The number of carbonyl (C=O) groups is 3. The summed E-state index contributed by atoms with van der Waals surface area (Å²) in [6.45, 7) is 1.91. The first-order valence-corrected chi connectivity index (χ1v) is 12.7. The number of Topliss-reactive ketones (excluding diaryl/α,β-unsaturated/α-hetero) is 1. The van der Waals surface area contributed by atoms with Crippen LogP contribution in [0.2, 0.25) is 0 Å². The molecule has 9 nitrogen and oxygen atoms in total. The van der Waals surface area contributed by atoms with Gasteiger partial charge in [-0.2, -0.15) is 0 Å². The number of ether oxygens (including phenoxy) is 1. The van der Waals surface area contributed by atoms with Crippen LogP contribution in [0.25, 0.3) is 0 Å². The van der Waals surface area contributed by atoms with Gasteiger partial charge in [0.05, 0.1) is 31.2 Å². The number of nitrogens with zero attached hydrogens (tertiary/aromatic N) is 1. The Hall–Kier alpha value is -2.65. The largest absolute Gasteiger partial charge is 0.481 e. The maximum Gasteiger partial charge on any atom is 0.326 e. The van der Waals surface area contributed by atoms with Crippen molar-refractivity contribution >= 4 is 23.4 Å². The first kappa shape index (κ1) is 22.8. The highest BCUT2D eigenvalue weighted by Crippen LogP contribution is 2.65. The number of carbonyl (C=O) groups excluding carboxylic acids is 1. The summed E-state index contributed by atoms with van der Waals surface area (Å²) in [7, 11) is 2.26. The zero-order valence-electron chi connectivity index (χ0n) is 20.0. The van der Waals surface area contributed by atoms with Gasteiger partial charge < -0.3 is 29.9 Å². The van der Waals surface area contributed by atoms with E-state index in [4.69, 9.17) is 9.84 Å². The number of quaternary nitrogens is 1. The molecule has 0 radical (unpaired) electrons. The van der Waals surface area contributed by atoms with Gasteiger partial charge >= 0.3 is 11.9 Å². The molecular weight excluding hydrogens is 452 g/mol. The van der Waals surface area contributed by atoms with Crippen molar-refractivity contribution in [3.63, 3.8) is 0 Å². The molecule has 188 valence electrons. The number of aliphatic hydroxyl groups is 1. The van der Waals surface area contributed by atoms with Crippen LogP contribution in [0.3, 0.4) is 0 Å². The standard InChI is InChI=1S/C26H32N2O7/c1-28(13-14-2-3-14)11-10-25-21-15-4-5-16(27-17(24(32)33)6-7-20(30)31)22(21)35-23(25)18(29)8-9-26(25,34)19(28)12-15/h4-5,14,17,19,23,27,34H,2-3,6-13H2,1H3,(H-,30,31,32,33)/p+1/t17-,19+,23-,25-,26+,28+/m0/s1. The number of rotatable bonds is 8. The number of benzene rings is 1. The van der Waals surface area contributed by atoms with E-state index < -0.39 is 35.1 Å². The molecule has 6 atom stereocenters.